The molecule has 0 unspecified atom stereocenters. The van der Waals surface area contributed by atoms with Gasteiger partial charge in [0.2, 0.25) is 5.60 Å². The number of carbonyl (C=O) groups excluding carboxylic acids is 2. The first-order valence-corrected chi connectivity index (χ1v) is 3.77. The average molecular weight is 173 g/mol. The Morgan fingerprint density at radius 3 is 2.50 bits per heavy atom. The molecule has 0 amide bonds. The van der Waals surface area contributed by atoms with Crippen LogP contribution in [0.3, 0.4) is 0 Å². The van der Waals surface area contributed by atoms with Crippen molar-refractivity contribution < 1.29 is 19.1 Å². The van der Waals surface area contributed by atoms with Gasteiger partial charge in [0.05, 0.1) is 6.61 Å². The van der Waals surface area contributed by atoms with Gasteiger partial charge in [-0.05, 0) is 20.3 Å². The van der Waals surface area contributed by atoms with Crippen molar-refractivity contribution in [3.8, 4) is 0 Å². The standard InChI is InChI=1S/C8H13O4/c1-4-5-11-7(10)8(2,3)12-6-9/h4-5H2,1-3H3. The van der Waals surface area contributed by atoms with Gasteiger partial charge in [-0.3, -0.25) is 0 Å². The van der Waals surface area contributed by atoms with E-state index >= 15 is 0 Å². The van der Waals surface area contributed by atoms with Gasteiger partial charge < -0.3 is 9.47 Å². The predicted octanol–water partition coefficient (Wildman–Crippen LogP) is 0.802. The molecule has 4 heteroatoms. The molecule has 0 aromatic heterocycles. The van der Waals surface area contributed by atoms with Crippen LogP contribution in [-0.2, 0) is 19.1 Å². The van der Waals surface area contributed by atoms with Crippen LogP contribution >= 0.6 is 0 Å². The molecule has 0 bridgehead atoms. The first-order valence-electron chi connectivity index (χ1n) is 3.77. The second-order valence-corrected chi connectivity index (χ2v) is 2.83. The van der Waals surface area contributed by atoms with Gasteiger partial charge in [0, 0.05) is 0 Å². The lowest BCUT2D eigenvalue weighted by Crippen LogP contribution is -2.36. The molecule has 0 spiro atoms. The summed E-state index contributed by atoms with van der Waals surface area (Å²) >= 11 is 0. The molecule has 0 aliphatic carbocycles. The zero-order chi connectivity index (χ0) is 9.61. The van der Waals surface area contributed by atoms with Crippen molar-refractivity contribution in [2.45, 2.75) is 32.8 Å². The largest absolute Gasteiger partial charge is 0.463 e. The molecule has 0 N–H and O–H groups in total. The maximum Gasteiger partial charge on any atom is 0.418 e. The third-order valence-electron chi connectivity index (χ3n) is 1.23. The van der Waals surface area contributed by atoms with Gasteiger partial charge in [-0.15, -0.1) is 0 Å². The van der Waals surface area contributed by atoms with E-state index in [1.807, 2.05) is 6.92 Å². The number of esters is 1. The summed E-state index contributed by atoms with van der Waals surface area (Å²) in [5.74, 6) is -0.548. The van der Waals surface area contributed by atoms with Crippen molar-refractivity contribution in [2.75, 3.05) is 6.61 Å². The molecular formula is C8H13O4. The molecule has 1 radical (unpaired) electrons. The highest BCUT2D eigenvalue weighted by Gasteiger charge is 2.31. The lowest BCUT2D eigenvalue weighted by atomic mass is 10.1. The smallest absolute Gasteiger partial charge is 0.418 e. The van der Waals surface area contributed by atoms with E-state index in [1.165, 1.54) is 20.3 Å². The molecular weight excluding hydrogens is 160 g/mol. The van der Waals surface area contributed by atoms with Crippen LogP contribution in [-0.4, -0.2) is 24.6 Å². The minimum absolute atomic E-state index is 0.338. The van der Waals surface area contributed by atoms with Crippen LogP contribution in [0.1, 0.15) is 27.2 Å². The highest BCUT2D eigenvalue weighted by molar-refractivity contribution is 5.79. The molecule has 0 heterocycles. The van der Waals surface area contributed by atoms with Crippen molar-refractivity contribution in [1.29, 1.82) is 0 Å². The van der Waals surface area contributed by atoms with Crippen molar-refractivity contribution in [3.05, 3.63) is 0 Å². The molecule has 0 aromatic rings. The second-order valence-electron chi connectivity index (χ2n) is 2.83. The van der Waals surface area contributed by atoms with Gasteiger partial charge in [-0.2, -0.15) is 0 Å². The van der Waals surface area contributed by atoms with Crippen LogP contribution in [0.5, 0.6) is 0 Å². The molecule has 0 aliphatic rings. The van der Waals surface area contributed by atoms with E-state index in [4.69, 9.17) is 4.74 Å². The number of hydrogen-bond acceptors (Lipinski definition) is 4. The minimum atomic E-state index is -1.23. The Bertz CT molecular complexity index is 162. The van der Waals surface area contributed by atoms with E-state index in [9.17, 15) is 9.59 Å². The molecule has 0 rings (SSSR count). The van der Waals surface area contributed by atoms with Gasteiger partial charge in [-0.1, -0.05) is 6.92 Å². The Morgan fingerprint density at radius 1 is 1.50 bits per heavy atom. The zero-order valence-electron chi connectivity index (χ0n) is 7.55. The van der Waals surface area contributed by atoms with E-state index in [0.29, 0.717) is 6.61 Å². The molecule has 12 heavy (non-hydrogen) atoms. The summed E-state index contributed by atoms with van der Waals surface area (Å²) in [4.78, 5) is 20.9. The average Bonchev–Trinajstić information content (AvgIpc) is 2.00. The molecule has 0 aromatic carbocycles. The van der Waals surface area contributed by atoms with E-state index < -0.39 is 11.6 Å². The fourth-order valence-electron chi connectivity index (χ4n) is 0.514. The highest BCUT2D eigenvalue weighted by Crippen LogP contribution is 2.09. The highest BCUT2D eigenvalue weighted by atomic mass is 16.6. The summed E-state index contributed by atoms with van der Waals surface area (Å²) in [7, 11) is 0. The predicted molar refractivity (Wildman–Crippen MR) is 42.1 cm³/mol. The molecule has 4 nitrogen and oxygen atoms in total. The molecule has 0 aliphatic heterocycles. The maximum absolute atomic E-state index is 11.1. The Kier molecular flexibility index (Phi) is 4.33. The Balaban J connectivity index is 3.96. The lowest BCUT2D eigenvalue weighted by Gasteiger charge is -2.19. The molecule has 0 saturated heterocycles. The SMILES string of the molecule is CCCOC(=O)C(C)(C)O[C]=O. The summed E-state index contributed by atoms with van der Waals surface area (Å²) in [6.07, 6.45) is 0.743. The van der Waals surface area contributed by atoms with Crippen molar-refractivity contribution in [1.82, 2.24) is 0 Å². The van der Waals surface area contributed by atoms with Crippen LogP contribution < -0.4 is 0 Å². The first kappa shape index (κ1) is 10.9. The van der Waals surface area contributed by atoms with Gasteiger partial charge in [0.1, 0.15) is 0 Å². The number of carbonyl (C=O) groups is 1. The van der Waals surface area contributed by atoms with Crippen molar-refractivity contribution in [3.63, 3.8) is 0 Å². The minimum Gasteiger partial charge on any atom is -0.463 e. The van der Waals surface area contributed by atoms with E-state index in [2.05, 4.69) is 4.74 Å². The molecule has 0 fully saturated rings. The van der Waals surface area contributed by atoms with Crippen LogP contribution in [0.15, 0.2) is 0 Å². The van der Waals surface area contributed by atoms with Crippen LogP contribution in [0.2, 0.25) is 0 Å². The summed E-state index contributed by atoms with van der Waals surface area (Å²) in [6.45, 7) is 6.34. The fraction of sp³-hybridized carbons (Fsp3) is 0.750. The fourth-order valence-corrected chi connectivity index (χ4v) is 0.514. The van der Waals surface area contributed by atoms with Crippen LogP contribution in [0.25, 0.3) is 0 Å². The Hall–Kier alpha value is -1.06. The Labute approximate surface area is 71.8 Å². The summed E-state index contributed by atoms with van der Waals surface area (Å²) in [5.41, 5.74) is -1.23. The zero-order valence-corrected chi connectivity index (χ0v) is 7.55. The third-order valence-corrected chi connectivity index (χ3v) is 1.23. The van der Waals surface area contributed by atoms with Crippen molar-refractivity contribution in [2.24, 2.45) is 0 Å². The van der Waals surface area contributed by atoms with E-state index in [1.54, 1.807) is 0 Å². The third kappa shape index (κ3) is 3.37. The Morgan fingerprint density at radius 2 is 2.08 bits per heavy atom. The lowest BCUT2D eigenvalue weighted by molar-refractivity contribution is -0.160. The summed E-state index contributed by atoms with van der Waals surface area (Å²) in [6, 6.07) is 0. The second kappa shape index (κ2) is 4.74. The van der Waals surface area contributed by atoms with Gasteiger partial charge in [-0.25, -0.2) is 9.59 Å². The molecule has 69 valence electrons. The number of hydrogen-bond donors (Lipinski definition) is 0. The number of ether oxygens (including phenoxy) is 2. The summed E-state index contributed by atoms with van der Waals surface area (Å²) < 4.78 is 9.17. The topological polar surface area (TPSA) is 52.6 Å². The first-order chi connectivity index (χ1) is 5.54. The van der Waals surface area contributed by atoms with Crippen LogP contribution in [0.4, 0.5) is 0 Å². The van der Waals surface area contributed by atoms with Gasteiger partial charge in [0.15, 0.2) is 0 Å². The number of rotatable bonds is 5. The quantitative estimate of drug-likeness (QED) is 0.577. The molecule has 0 atom stereocenters. The van der Waals surface area contributed by atoms with Crippen molar-refractivity contribution >= 4 is 12.4 Å². The van der Waals surface area contributed by atoms with Gasteiger partial charge in [0.25, 0.3) is 0 Å². The van der Waals surface area contributed by atoms with E-state index in [0.717, 1.165) is 6.42 Å². The van der Waals surface area contributed by atoms with Gasteiger partial charge >= 0.3 is 12.4 Å². The molecule has 0 saturated carbocycles. The monoisotopic (exact) mass is 173 g/mol. The summed E-state index contributed by atoms with van der Waals surface area (Å²) in [5, 5.41) is 0. The normalized spacial score (nSPS) is 10.6. The van der Waals surface area contributed by atoms with Crippen LogP contribution in [0, 0.1) is 0 Å². The maximum atomic E-state index is 11.1. The van der Waals surface area contributed by atoms with E-state index in [-0.39, 0.29) is 0 Å².